The van der Waals surface area contributed by atoms with E-state index in [0.717, 1.165) is 12.8 Å². The summed E-state index contributed by atoms with van der Waals surface area (Å²) in [6.45, 7) is 2.22. The Kier molecular flexibility index (Phi) is 8.32. The van der Waals surface area contributed by atoms with E-state index in [4.69, 9.17) is 10.5 Å². The summed E-state index contributed by atoms with van der Waals surface area (Å²) in [6, 6.07) is 5.24. The fourth-order valence-electron chi connectivity index (χ4n) is 2.27. The predicted octanol–water partition coefficient (Wildman–Crippen LogP) is 4.36. The van der Waals surface area contributed by atoms with Gasteiger partial charge in [-0.1, -0.05) is 45.4 Å². The first-order chi connectivity index (χ1) is 10.2. The Morgan fingerprint density at radius 1 is 1.14 bits per heavy atom. The molecular formula is C17H28N2O2. The lowest BCUT2D eigenvalue weighted by Gasteiger charge is -2.10. The van der Waals surface area contributed by atoms with Crippen molar-refractivity contribution < 1.29 is 9.53 Å². The van der Waals surface area contributed by atoms with Crippen LogP contribution in [0.3, 0.4) is 0 Å². The molecule has 0 spiro atoms. The Morgan fingerprint density at radius 2 is 1.81 bits per heavy atom. The summed E-state index contributed by atoms with van der Waals surface area (Å²) in [5, 5.41) is 2.88. The van der Waals surface area contributed by atoms with Gasteiger partial charge in [-0.25, -0.2) is 0 Å². The SMILES string of the molecule is CCCCCCCCCC(=O)Nc1ccc(N)cc1OC. The maximum atomic E-state index is 11.9. The maximum absolute atomic E-state index is 11.9. The van der Waals surface area contributed by atoms with Gasteiger partial charge in [-0.3, -0.25) is 4.79 Å². The van der Waals surface area contributed by atoms with E-state index in [9.17, 15) is 4.79 Å². The first-order valence-electron chi connectivity index (χ1n) is 7.90. The normalized spacial score (nSPS) is 10.4. The fourth-order valence-corrected chi connectivity index (χ4v) is 2.27. The highest BCUT2D eigenvalue weighted by molar-refractivity contribution is 5.92. The number of hydrogen-bond donors (Lipinski definition) is 2. The molecule has 3 N–H and O–H groups in total. The van der Waals surface area contributed by atoms with Crippen molar-refractivity contribution in [1.29, 1.82) is 0 Å². The monoisotopic (exact) mass is 292 g/mol. The smallest absolute Gasteiger partial charge is 0.224 e. The van der Waals surface area contributed by atoms with Crippen LogP contribution in [0.15, 0.2) is 18.2 Å². The molecule has 1 aromatic carbocycles. The molecular weight excluding hydrogens is 264 g/mol. The molecule has 21 heavy (non-hydrogen) atoms. The number of nitrogen functional groups attached to an aromatic ring is 1. The summed E-state index contributed by atoms with van der Waals surface area (Å²) >= 11 is 0. The minimum atomic E-state index is 0.0339. The lowest BCUT2D eigenvalue weighted by molar-refractivity contribution is -0.116. The molecule has 1 aromatic rings. The number of anilines is 2. The zero-order valence-electron chi connectivity index (χ0n) is 13.3. The topological polar surface area (TPSA) is 64.4 Å². The summed E-state index contributed by atoms with van der Waals surface area (Å²) in [7, 11) is 1.57. The zero-order chi connectivity index (χ0) is 15.5. The van der Waals surface area contributed by atoms with Crippen molar-refractivity contribution in [3.05, 3.63) is 18.2 Å². The first-order valence-corrected chi connectivity index (χ1v) is 7.90. The number of benzene rings is 1. The van der Waals surface area contributed by atoms with Crippen molar-refractivity contribution in [2.24, 2.45) is 0 Å². The predicted molar refractivity (Wildman–Crippen MR) is 88.6 cm³/mol. The van der Waals surface area contributed by atoms with Gasteiger partial charge in [0.1, 0.15) is 5.75 Å². The molecule has 0 heterocycles. The van der Waals surface area contributed by atoms with E-state index in [0.29, 0.717) is 23.5 Å². The number of methoxy groups -OCH3 is 1. The number of rotatable bonds is 10. The van der Waals surface area contributed by atoms with Gasteiger partial charge in [-0.05, 0) is 18.6 Å². The van der Waals surface area contributed by atoms with Gasteiger partial charge in [0.2, 0.25) is 5.91 Å². The van der Waals surface area contributed by atoms with Crippen LogP contribution in [0.1, 0.15) is 58.3 Å². The van der Waals surface area contributed by atoms with Crippen LogP contribution in [0.2, 0.25) is 0 Å². The van der Waals surface area contributed by atoms with Gasteiger partial charge >= 0.3 is 0 Å². The molecule has 0 aliphatic heterocycles. The van der Waals surface area contributed by atoms with Gasteiger partial charge in [0, 0.05) is 18.2 Å². The molecule has 4 heteroatoms. The molecule has 0 fully saturated rings. The van der Waals surface area contributed by atoms with E-state index >= 15 is 0 Å². The summed E-state index contributed by atoms with van der Waals surface area (Å²) in [5.41, 5.74) is 6.99. The quantitative estimate of drug-likeness (QED) is 0.497. The van der Waals surface area contributed by atoms with E-state index in [-0.39, 0.29) is 5.91 Å². The van der Waals surface area contributed by atoms with Gasteiger partial charge in [0.05, 0.1) is 12.8 Å². The van der Waals surface area contributed by atoms with Crippen LogP contribution in [-0.4, -0.2) is 13.0 Å². The first kappa shape index (κ1) is 17.3. The van der Waals surface area contributed by atoms with Crippen molar-refractivity contribution in [2.75, 3.05) is 18.2 Å². The largest absolute Gasteiger partial charge is 0.494 e. The van der Waals surface area contributed by atoms with E-state index in [2.05, 4.69) is 12.2 Å². The number of nitrogens with two attached hydrogens (primary N) is 1. The maximum Gasteiger partial charge on any atom is 0.224 e. The molecule has 1 rings (SSSR count). The van der Waals surface area contributed by atoms with Crippen LogP contribution >= 0.6 is 0 Å². The third kappa shape index (κ3) is 7.02. The lowest BCUT2D eigenvalue weighted by Crippen LogP contribution is -2.12. The number of carbonyl (C=O) groups is 1. The molecule has 0 bridgehead atoms. The number of carbonyl (C=O) groups excluding carboxylic acids is 1. The second kappa shape index (κ2) is 10.1. The minimum Gasteiger partial charge on any atom is -0.494 e. The van der Waals surface area contributed by atoms with Gasteiger partial charge in [0.25, 0.3) is 0 Å². The van der Waals surface area contributed by atoms with Gasteiger partial charge in [-0.2, -0.15) is 0 Å². The van der Waals surface area contributed by atoms with Crippen LogP contribution < -0.4 is 15.8 Å². The summed E-state index contributed by atoms with van der Waals surface area (Å²) < 4.78 is 5.21. The molecule has 1 amide bonds. The zero-order valence-corrected chi connectivity index (χ0v) is 13.3. The van der Waals surface area contributed by atoms with Gasteiger partial charge in [-0.15, -0.1) is 0 Å². The number of amides is 1. The number of nitrogens with one attached hydrogen (secondary N) is 1. The highest BCUT2D eigenvalue weighted by atomic mass is 16.5. The van der Waals surface area contributed by atoms with Gasteiger partial charge < -0.3 is 15.8 Å². The highest BCUT2D eigenvalue weighted by Gasteiger charge is 2.07. The highest BCUT2D eigenvalue weighted by Crippen LogP contribution is 2.26. The third-order valence-electron chi connectivity index (χ3n) is 3.51. The van der Waals surface area contributed by atoms with Crippen molar-refractivity contribution in [2.45, 2.75) is 58.3 Å². The van der Waals surface area contributed by atoms with Crippen molar-refractivity contribution in [1.82, 2.24) is 0 Å². The summed E-state index contributed by atoms with van der Waals surface area (Å²) in [4.78, 5) is 11.9. The summed E-state index contributed by atoms with van der Waals surface area (Å²) in [6.07, 6.45) is 9.01. The molecule has 0 aromatic heterocycles. The van der Waals surface area contributed by atoms with E-state index < -0.39 is 0 Å². The molecule has 0 saturated carbocycles. The van der Waals surface area contributed by atoms with Crippen molar-refractivity contribution in [3.63, 3.8) is 0 Å². The Morgan fingerprint density at radius 3 is 2.48 bits per heavy atom. The number of hydrogen-bond acceptors (Lipinski definition) is 3. The van der Waals surface area contributed by atoms with E-state index in [1.165, 1.54) is 32.1 Å². The molecule has 0 unspecified atom stereocenters. The Labute approximate surface area is 128 Å². The van der Waals surface area contributed by atoms with Gasteiger partial charge in [0.15, 0.2) is 0 Å². The average Bonchev–Trinajstić information content (AvgIpc) is 2.48. The van der Waals surface area contributed by atoms with Crippen LogP contribution in [0.5, 0.6) is 5.75 Å². The third-order valence-corrected chi connectivity index (χ3v) is 3.51. The summed E-state index contributed by atoms with van der Waals surface area (Å²) in [5.74, 6) is 0.634. The molecule has 118 valence electrons. The Bertz CT molecular complexity index is 433. The van der Waals surface area contributed by atoms with Crippen LogP contribution in [-0.2, 0) is 4.79 Å². The second-order valence-corrected chi connectivity index (χ2v) is 5.38. The minimum absolute atomic E-state index is 0.0339. The van der Waals surface area contributed by atoms with Crippen molar-refractivity contribution in [3.8, 4) is 5.75 Å². The Hall–Kier alpha value is -1.71. The average molecular weight is 292 g/mol. The van der Waals surface area contributed by atoms with Crippen LogP contribution in [0.4, 0.5) is 11.4 Å². The Balaban J connectivity index is 2.25. The number of unbranched alkanes of at least 4 members (excludes halogenated alkanes) is 6. The molecule has 4 nitrogen and oxygen atoms in total. The molecule has 0 saturated heterocycles. The lowest BCUT2D eigenvalue weighted by atomic mass is 10.1. The standard InChI is InChI=1S/C17H28N2O2/c1-3-4-5-6-7-8-9-10-17(20)19-15-12-11-14(18)13-16(15)21-2/h11-13H,3-10,18H2,1-2H3,(H,19,20). The van der Waals surface area contributed by atoms with E-state index in [1.54, 1.807) is 25.3 Å². The van der Waals surface area contributed by atoms with E-state index in [1.807, 2.05) is 0 Å². The molecule has 0 aliphatic rings. The second-order valence-electron chi connectivity index (χ2n) is 5.38. The van der Waals surface area contributed by atoms with Crippen molar-refractivity contribution >= 4 is 17.3 Å². The van der Waals surface area contributed by atoms with Crippen LogP contribution in [0.25, 0.3) is 0 Å². The van der Waals surface area contributed by atoms with Crippen LogP contribution in [0, 0.1) is 0 Å². The molecule has 0 aliphatic carbocycles. The molecule has 0 radical (unpaired) electrons. The molecule has 0 atom stereocenters. The fraction of sp³-hybridized carbons (Fsp3) is 0.588. The number of ether oxygens (including phenoxy) is 1.